The van der Waals surface area contributed by atoms with E-state index in [1.54, 1.807) is 0 Å². The zero-order valence-corrected chi connectivity index (χ0v) is 15.7. The molecule has 3 aliphatic carbocycles. The summed E-state index contributed by atoms with van der Waals surface area (Å²) in [4.78, 5) is 4.32. The van der Waals surface area contributed by atoms with E-state index >= 15 is 0 Å². The number of aromatic nitrogens is 1. The van der Waals surface area contributed by atoms with E-state index in [1.807, 2.05) is 12.4 Å². The molecule has 0 bridgehead atoms. The van der Waals surface area contributed by atoms with Gasteiger partial charge >= 0.3 is 0 Å². The highest BCUT2D eigenvalue weighted by Crippen LogP contribution is 2.57. The third kappa shape index (κ3) is 3.43. The van der Waals surface area contributed by atoms with Gasteiger partial charge in [-0.15, -0.1) is 0 Å². The minimum atomic E-state index is -0.0372. The number of fused-ring (bicyclic) bond motifs is 3. The predicted octanol–water partition coefficient (Wildman–Crippen LogP) is 5.62. The van der Waals surface area contributed by atoms with Crippen molar-refractivity contribution >= 4 is 5.57 Å². The van der Waals surface area contributed by atoms with Crippen LogP contribution >= 0.6 is 0 Å². The van der Waals surface area contributed by atoms with Crippen molar-refractivity contribution in [2.75, 3.05) is 0 Å². The topological polar surface area (TPSA) is 33.1 Å². The van der Waals surface area contributed by atoms with E-state index in [-0.39, 0.29) is 6.10 Å². The van der Waals surface area contributed by atoms with Crippen molar-refractivity contribution < 1.29 is 5.11 Å². The summed E-state index contributed by atoms with van der Waals surface area (Å²) in [5.74, 6) is 2.50. The maximum Gasteiger partial charge on any atom is 0.0543 e. The van der Waals surface area contributed by atoms with Crippen LogP contribution in [0, 0.1) is 23.2 Å². The molecule has 2 heteroatoms. The van der Waals surface area contributed by atoms with Gasteiger partial charge in [-0.25, -0.2) is 0 Å². The second-order valence-corrected chi connectivity index (χ2v) is 9.02. The zero-order chi connectivity index (χ0) is 17.3. The van der Waals surface area contributed by atoms with E-state index in [4.69, 9.17) is 0 Å². The minimum Gasteiger partial charge on any atom is -0.393 e. The lowest BCUT2D eigenvalue weighted by molar-refractivity contribution is -0.0755. The van der Waals surface area contributed by atoms with Crippen LogP contribution in [0.3, 0.4) is 0 Å². The molecule has 0 radical (unpaired) electrons. The Labute approximate surface area is 152 Å². The van der Waals surface area contributed by atoms with Crippen LogP contribution in [0.15, 0.2) is 30.6 Å². The molecule has 0 spiro atoms. The summed E-state index contributed by atoms with van der Waals surface area (Å²) >= 11 is 0. The maximum absolute atomic E-state index is 10.2. The molecule has 0 saturated heterocycles. The Morgan fingerprint density at radius 3 is 2.92 bits per heavy atom. The van der Waals surface area contributed by atoms with Crippen molar-refractivity contribution in [2.24, 2.45) is 23.2 Å². The van der Waals surface area contributed by atoms with Gasteiger partial charge in [0.2, 0.25) is 0 Å². The van der Waals surface area contributed by atoms with Crippen molar-refractivity contribution in [3.8, 4) is 0 Å². The van der Waals surface area contributed by atoms with Gasteiger partial charge in [-0.1, -0.05) is 19.1 Å². The molecule has 0 amide bonds. The maximum atomic E-state index is 10.2. The largest absolute Gasteiger partial charge is 0.393 e. The first-order valence-corrected chi connectivity index (χ1v) is 10.4. The van der Waals surface area contributed by atoms with Gasteiger partial charge in [0.25, 0.3) is 0 Å². The van der Waals surface area contributed by atoms with Gasteiger partial charge in [0.1, 0.15) is 0 Å². The molecule has 1 N–H and O–H groups in total. The Hall–Kier alpha value is -1.15. The van der Waals surface area contributed by atoms with E-state index in [2.05, 4.69) is 30.1 Å². The van der Waals surface area contributed by atoms with Crippen LogP contribution in [0.1, 0.15) is 76.7 Å². The molecule has 25 heavy (non-hydrogen) atoms. The second kappa shape index (κ2) is 7.23. The summed E-state index contributed by atoms with van der Waals surface area (Å²) in [6.07, 6.45) is 18.8. The summed E-state index contributed by atoms with van der Waals surface area (Å²) in [6.45, 7) is 2.56. The Balaban J connectivity index is 1.51. The normalized spacial score (nSPS) is 39.2. The molecular formula is C23H33NO. The summed E-state index contributed by atoms with van der Waals surface area (Å²) in [5.41, 5.74) is 3.30. The molecular weight excluding hydrogens is 306 g/mol. The highest BCUT2D eigenvalue weighted by molar-refractivity contribution is 5.64. The van der Waals surface area contributed by atoms with Gasteiger partial charge in [0.05, 0.1) is 6.10 Å². The monoisotopic (exact) mass is 339 g/mol. The molecule has 1 aromatic heterocycles. The zero-order valence-electron chi connectivity index (χ0n) is 15.7. The van der Waals surface area contributed by atoms with E-state index in [0.29, 0.717) is 5.41 Å². The fourth-order valence-electron chi connectivity index (χ4n) is 6.30. The Morgan fingerprint density at radius 1 is 1.16 bits per heavy atom. The lowest BCUT2D eigenvalue weighted by atomic mass is 9.51. The Bertz CT molecular complexity index is 610. The molecule has 3 aliphatic rings. The van der Waals surface area contributed by atoms with E-state index in [0.717, 1.165) is 30.6 Å². The van der Waals surface area contributed by atoms with Gasteiger partial charge in [0.15, 0.2) is 0 Å². The molecule has 4 rings (SSSR count). The molecule has 1 aromatic rings. The minimum absolute atomic E-state index is 0.0372. The molecule has 2 fully saturated rings. The Kier molecular flexibility index (Phi) is 4.99. The van der Waals surface area contributed by atoms with Crippen LogP contribution in [0.2, 0.25) is 0 Å². The van der Waals surface area contributed by atoms with Gasteiger partial charge in [-0.3, -0.25) is 4.98 Å². The first-order chi connectivity index (χ1) is 12.2. The predicted molar refractivity (Wildman–Crippen MR) is 103 cm³/mol. The van der Waals surface area contributed by atoms with Crippen LogP contribution in [0.4, 0.5) is 0 Å². The molecule has 5 atom stereocenters. The number of allylic oxidation sites excluding steroid dienone is 2. The van der Waals surface area contributed by atoms with Crippen LogP contribution in [0.25, 0.3) is 5.57 Å². The van der Waals surface area contributed by atoms with Crippen molar-refractivity contribution in [1.82, 2.24) is 4.98 Å². The summed E-state index contributed by atoms with van der Waals surface area (Å²) in [6, 6.07) is 4.27. The number of pyridine rings is 1. The van der Waals surface area contributed by atoms with E-state index in [1.165, 1.54) is 62.5 Å². The van der Waals surface area contributed by atoms with Crippen molar-refractivity contribution in [3.05, 3.63) is 36.2 Å². The lowest BCUT2D eigenvalue weighted by Gasteiger charge is -2.55. The number of hydrogen-bond donors (Lipinski definition) is 1. The third-order valence-corrected chi connectivity index (χ3v) is 7.73. The molecule has 0 aromatic carbocycles. The van der Waals surface area contributed by atoms with E-state index in [9.17, 15) is 5.11 Å². The fraction of sp³-hybridized carbons (Fsp3) is 0.696. The molecule has 2 saturated carbocycles. The number of aliphatic hydroxyl groups excluding tert-OH is 1. The average Bonchev–Trinajstić information content (AvgIpc) is 2.74. The van der Waals surface area contributed by atoms with Crippen LogP contribution in [-0.4, -0.2) is 16.2 Å². The number of hydrogen-bond acceptors (Lipinski definition) is 2. The van der Waals surface area contributed by atoms with Gasteiger partial charge < -0.3 is 5.11 Å². The molecule has 136 valence electrons. The molecule has 0 aliphatic heterocycles. The number of nitrogens with zero attached hydrogens (tertiary/aromatic N) is 1. The highest BCUT2D eigenvalue weighted by Gasteiger charge is 2.49. The van der Waals surface area contributed by atoms with Crippen LogP contribution in [-0.2, 0) is 0 Å². The van der Waals surface area contributed by atoms with Crippen molar-refractivity contribution in [3.63, 3.8) is 0 Å². The highest BCUT2D eigenvalue weighted by atomic mass is 16.3. The second-order valence-electron chi connectivity index (χ2n) is 9.02. The Morgan fingerprint density at radius 2 is 2.08 bits per heavy atom. The third-order valence-electron chi connectivity index (χ3n) is 7.73. The first-order valence-electron chi connectivity index (χ1n) is 10.4. The molecule has 1 heterocycles. The number of rotatable bonds is 1. The molecule has 2 nitrogen and oxygen atoms in total. The van der Waals surface area contributed by atoms with Gasteiger partial charge in [-0.2, -0.15) is 0 Å². The quantitative estimate of drug-likeness (QED) is 0.720. The van der Waals surface area contributed by atoms with E-state index < -0.39 is 0 Å². The smallest absolute Gasteiger partial charge is 0.0543 e. The summed E-state index contributed by atoms with van der Waals surface area (Å²) in [7, 11) is 0. The summed E-state index contributed by atoms with van der Waals surface area (Å²) in [5, 5.41) is 10.2. The number of aliphatic hydroxyl groups is 1. The van der Waals surface area contributed by atoms with Crippen molar-refractivity contribution in [2.45, 2.75) is 77.2 Å². The van der Waals surface area contributed by atoms with Gasteiger partial charge in [-0.05, 0) is 105 Å². The summed E-state index contributed by atoms with van der Waals surface area (Å²) < 4.78 is 0. The SMILES string of the molecule is CC12CCC(O)CC1CCC1CCC=C(c3cccnc3)CCCC12. The molecule has 5 unspecified atom stereocenters. The van der Waals surface area contributed by atoms with Crippen LogP contribution in [0.5, 0.6) is 0 Å². The first kappa shape index (κ1) is 17.3. The van der Waals surface area contributed by atoms with Gasteiger partial charge in [0, 0.05) is 12.4 Å². The van der Waals surface area contributed by atoms with Crippen molar-refractivity contribution in [1.29, 1.82) is 0 Å². The fourth-order valence-corrected chi connectivity index (χ4v) is 6.30. The lowest BCUT2D eigenvalue weighted by Crippen LogP contribution is -2.47. The average molecular weight is 340 g/mol. The standard InChI is InChI=1S/C23H33NO/c1-23-13-12-21(25)15-20(23)11-10-18-7-2-5-17(6-3-9-22(18)23)19-8-4-14-24-16-19/h4-5,8,14,16,18,20-22,25H,2-3,6-7,9-13,15H2,1H3. The van der Waals surface area contributed by atoms with Crippen LogP contribution < -0.4 is 0 Å².